The number of rotatable bonds is 5. The van der Waals surface area contributed by atoms with Gasteiger partial charge in [-0.2, -0.15) is 0 Å². The number of benzene rings is 1. The molecule has 5 heteroatoms. The van der Waals surface area contributed by atoms with Crippen LogP contribution in [-0.4, -0.2) is 12.0 Å². The molecule has 1 atom stereocenters. The van der Waals surface area contributed by atoms with Crippen molar-refractivity contribution in [1.82, 2.24) is 10.3 Å². The lowest BCUT2D eigenvalue weighted by Crippen LogP contribution is -2.11. The second-order valence-corrected chi connectivity index (χ2v) is 7.39. The van der Waals surface area contributed by atoms with Crippen molar-refractivity contribution in [3.63, 3.8) is 0 Å². The molecule has 2 aromatic rings. The molecule has 2 nitrogen and oxygen atoms in total. The standard InChI is InChI=1S/C14H17BrN2S2/c1-9(16-3)14-10(2)17-13(19-14)8-18-12-6-4-5-11(15)7-12/h4-7,9,16H,8H2,1-3H3. The van der Waals surface area contributed by atoms with E-state index < -0.39 is 0 Å². The van der Waals surface area contributed by atoms with Crippen molar-refractivity contribution in [2.75, 3.05) is 7.05 Å². The first-order valence-corrected chi connectivity index (χ1v) is 8.71. The van der Waals surface area contributed by atoms with Crippen molar-refractivity contribution in [3.8, 4) is 0 Å². The minimum atomic E-state index is 0.377. The van der Waals surface area contributed by atoms with Crippen LogP contribution in [0.15, 0.2) is 33.6 Å². The van der Waals surface area contributed by atoms with Crippen LogP contribution in [-0.2, 0) is 5.75 Å². The highest BCUT2D eigenvalue weighted by Crippen LogP contribution is 2.30. The van der Waals surface area contributed by atoms with Crippen molar-refractivity contribution in [3.05, 3.63) is 44.3 Å². The van der Waals surface area contributed by atoms with E-state index >= 15 is 0 Å². The highest BCUT2D eigenvalue weighted by Gasteiger charge is 2.12. The number of hydrogen-bond donors (Lipinski definition) is 1. The lowest BCUT2D eigenvalue weighted by atomic mass is 10.2. The molecule has 0 saturated carbocycles. The molecule has 0 amide bonds. The third-order valence-corrected chi connectivity index (χ3v) is 5.88. The van der Waals surface area contributed by atoms with E-state index in [0.717, 1.165) is 15.9 Å². The van der Waals surface area contributed by atoms with Gasteiger partial charge in [-0.3, -0.25) is 0 Å². The summed E-state index contributed by atoms with van der Waals surface area (Å²) in [5, 5.41) is 4.47. The van der Waals surface area contributed by atoms with Gasteiger partial charge in [-0.05, 0) is 39.1 Å². The molecular formula is C14H17BrN2S2. The van der Waals surface area contributed by atoms with E-state index in [1.54, 1.807) is 0 Å². The maximum absolute atomic E-state index is 4.66. The second-order valence-electron chi connectivity index (χ2n) is 4.31. The number of hydrogen-bond acceptors (Lipinski definition) is 4. The van der Waals surface area contributed by atoms with Crippen molar-refractivity contribution < 1.29 is 0 Å². The smallest absolute Gasteiger partial charge is 0.103 e. The molecule has 0 saturated heterocycles. The highest BCUT2D eigenvalue weighted by molar-refractivity contribution is 9.10. The molecule has 102 valence electrons. The molecule has 1 aromatic carbocycles. The van der Waals surface area contributed by atoms with Crippen LogP contribution in [0.25, 0.3) is 0 Å². The Kier molecular flexibility index (Phi) is 5.45. The lowest BCUT2D eigenvalue weighted by Gasteiger charge is -2.06. The van der Waals surface area contributed by atoms with E-state index in [1.165, 1.54) is 14.8 Å². The number of aryl methyl sites for hydroxylation is 1. The van der Waals surface area contributed by atoms with E-state index in [2.05, 4.69) is 58.3 Å². The molecule has 0 radical (unpaired) electrons. The molecule has 0 fully saturated rings. The Morgan fingerprint density at radius 2 is 2.26 bits per heavy atom. The van der Waals surface area contributed by atoms with E-state index in [-0.39, 0.29) is 0 Å². The molecule has 0 aliphatic rings. The molecule has 1 N–H and O–H groups in total. The molecule has 19 heavy (non-hydrogen) atoms. The van der Waals surface area contributed by atoms with Gasteiger partial charge in [0, 0.05) is 20.3 Å². The van der Waals surface area contributed by atoms with Crippen molar-refractivity contribution in [2.24, 2.45) is 0 Å². The van der Waals surface area contributed by atoms with Crippen LogP contribution in [0.3, 0.4) is 0 Å². The number of thioether (sulfide) groups is 1. The van der Waals surface area contributed by atoms with Gasteiger partial charge < -0.3 is 5.32 Å². The third-order valence-electron chi connectivity index (χ3n) is 2.86. The fourth-order valence-corrected chi connectivity index (χ4v) is 4.39. The van der Waals surface area contributed by atoms with Crippen LogP contribution in [0.2, 0.25) is 0 Å². The summed E-state index contributed by atoms with van der Waals surface area (Å²) in [6.07, 6.45) is 0. The molecule has 1 aromatic heterocycles. The first-order chi connectivity index (χ1) is 9.10. The van der Waals surface area contributed by atoms with E-state index in [0.29, 0.717) is 6.04 Å². The third kappa shape index (κ3) is 4.05. The zero-order valence-electron chi connectivity index (χ0n) is 11.2. The van der Waals surface area contributed by atoms with Gasteiger partial charge >= 0.3 is 0 Å². The minimum Gasteiger partial charge on any atom is -0.312 e. The first-order valence-electron chi connectivity index (χ1n) is 6.12. The first kappa shape index (κ1) is 15.0. The van der Waals surface area contributed by atoms with E-state index in [4.69, 9.17) is 0 Å². The fourth-order valence-electron chi connectivity index (χ4n) is 1.76. The molecule has 0 aliphatic carbocycles. The molecule has 0 spiro atoms. The Bertz CT molecular complexity index is 554. The number of nitrogens with zero attached hydrogens (tertiary/aromatic N) is 1. The number of thiazole rings is 1. The Balaban J connectivity index is 2.04. The monoisotopic (exact) mass is 356 g/mol. The van der Waals surface area contributed by atoms with E-state index in [1.807, 2.05) is 36.2 Å². The van der Waals surface area contributed by atoms with Gasteiger partial charge in [0.05, 0.1) is 11.4 Å². The second kappa shape index (κ2) is 6.88. The van der Waals surface area contributed by atoms with Gasteiger partial charge in [-0.25, -0.2) is 4.98 Å². The average molecular weight is 357 g/mol. The van der Waals surface area contributed by atoms with Crippen LogP contribution >= 0.6 is 39.0 Å². The summed E-state index contributed by atoms with van der Waals surface area (Å²) in [4.78, 5) is 7.27. The van der Waals surface area contributed by atoms with Gasteiger partial charge in [0.2, 0.25) is 0 Å². The Hall–Kier alpha value is -0.360. The normalized spacial score (nSPS) is 12.6. The van der Waals surface area contributed by atoms with Crippen LogP contribution in [0.5, 0.6) is 0 Å². The lowest BCUT2D eigenvalue weighted by molar-refractivity contribution is 0.658. The summed E-state index contributed by atoms with van der Waals surface area (Å²) < 4.78 is 1.12. The summed E-state index contributed by atoms with van der Waals surface area (Å²) in [7, 11) is 1.99. The summed E-state index contributed by atoms with van der Waals surface area (Å²) >= 11 is 7.13. The zero-order valence-corrected chi connectivity index (χ0v) is 14.5. The van der Waals surface area contributed by atoms with Crippen LogP contribution < -0.4 is 5.32 Å². The van der Waals surface area contributed by atoms with Gasteiger partial charge in [-0.1, -0.05) is 22.0 Å². The van der Waals surface area contributed by atoms with Crippen molar-refractivity contribution in [1.29, 1.82) is 0 Å². The largest absolute Gasteiger partial charge is 0.312 e. The number of aromatic nitrogens is 1. The predicted octanol–water partition coefficient (Wildman–Crippen LogP) is 4.79. The fraction of sp³-hybridized carbons (Fsp3) is 0.357. The predicted molar refractivity (Wildman–Crippen MR) is 88.0 cm³/mol. The summed E-state index contributed by atoms with van der Waals surface area (Å²) in [5.41, 5.74) is 1.15. The van der Waals surface area contributed by atoms with Crippen LogP contribution in [0, 0.1) is 6.92 Å². The maximum atomic E-state index is 4.66. The number of nitrogens with one attached hydrogen (secondary N) is 1. The molecule has 1 unspecified atom stereocenters. The quantitative estimate of drug-likeness (QED) is 0.779. The number of halogens is 1. The average Bonchev–Trinajstić information content (AvgIpc) is 2.77. The molecule has 1 heterocycles. The van der Waals surface area contributed by atoms with Gasteiger partial charge in [0.15, 0.2) is 0 Å². The Labute approximate surface area is 131 Å². The maximum Gasteiger partial charge on any atom is 0.103 e. The van der Waals surface area contributed by atoms with Crippen LogP contribution in [0.4, 0.5) is 0 Å². The van der Waals surface area contributed by atoms with Gasteiger partial charge in [-0.15, -0.1) is 23.1 Å². The molecule has 2 rings (SSSR count). The SMILES string of the molecule is CNC(C)c1sc(CSc2cccc(Br)c2)nc1C. The van der Waals surface area contributed by atoms with E-state index in [9.17, 15) is 0 Å². The molecular weight excluding hydrogens is 340 g/mol. The Morgan fingerprint density at radius 1 is 1.47 bits per heavy atom. The highest BCUT2D eigenvalue weighted by atomic mass is 79.9. The topological polar surface area (TPSA) is 24.9 Å². The van der Waals surface area contributed by atoms with Crippen molar-refractivity contribution in [2.45, 2.75) is 30.5 Å². The molecule has 0 aliphatic heterocycles. The zero-order chi connectivity index (χ0) is 13.8. The van der Waals surface area contributed by atoms with Gasteiger partial charge in [0.1, 0.15) is 5.01 Å². The Morgan fingerprint density at radius 3 is 2.95 bits per heavy atom. The summed E-state index contributed by atoms with van der Waals surface area (Å²) in [6.45, 7) is 4.26. The minimum absolute atomic E-state index is 0.377. The summed E-state index contributed by atoms with van der Waals surface area (Å²) in [6, 6.07) is 8.76. The molecule has 0 bridgehead atoms. The van der Waals surface area contributed by atoms with Crippen LogP contribution in [0.1, 0.15) is 28.5 Å². The van der Waals surface area contributed by atoms with Gasteiger partial charge in [0.25, 0.3) is 0 Å². The van der Waals surface area contributed by atoms with Crippen molar-refractivity contribution >= 4 is 39.0 Å². The summed E-state index contributed by atoms with van der Waals surface area (Å²) in [5.74, 6) is 0.929.